The number of hydrogen-bond acceptors (Lipinski definition) is 4. The van der Waals surface area contributed by atoms with Crippen LogP contribution in [-0.2, 0) is 14.2 Å². The monoisotopic (exact) mass is 253 g/mol. The SMILES string of the molecule is CC1=COC(OC(=O)N(C)C)C2C1CC1OC12C. The molecule has 5 nitrogen and oxygen atoms in total. The Morgan fingerprint density at radius 3 is 2.94 bits per heavy atom. The molecule has 3 rings (SSSR count). The highest BCUT2D eigenvalue weighted by Gasteiger charge is 2.70. The molecule has 0 radical (unpaired) electrons. The summed E-state index contributed by atoms with van der Waals surface area (Å²) >= 11 is 0. The number of epoxide rings is 1. The highest BCUT2D eigenvalue weighted by molar-refractivity contribution is 5.67. The van der Waals surface area contributed by atoms with Crippen LogP contribution < -0.4 is 0 Å². The van der Waals surface area contributed by atoms with E-state index in [-0.39, 0.29) is 23.7 Å². The lowest BCUT2D eigenvalue weighted by molar-refractivity contribution is -0.141. The number of nitrogens with zero attached hydrogens (tertiary/aromatic N) is 1. The van der Waals surface area contributed by atoms with Gasteiger partial charge in [0.05, 0.1) is 18.3 Å². The van der Waals surface area contributed by atoms with Gasteiger partial charge in [-0.3, -0.25) is 0 Å². The normalized spacial score (nSPS) is 44.3. The van der Waals surface area contributed by atoms with Gasteiger partial charge in [-0.2, -0.15) is 0 Å². The molecule has 0 aromatic carbocycles. The molecular weight excluding hydrogens is 234 g/mol. The van der Waals surface area contributed by atoms with Crippen LogP contribution in [0.2, 0.25) is 0 Å². The zero-order valence-electron chi connectivity index (χ0n) is 11.2. The van der Waals surface area contributed by atoms with Crippen molar-refractivity contribution >= 4 is 6.09 Å². The van der Waals surface area contributed by atoms with Crippen molar-refractivity contribution in [3.05, 3.63) is 11.8 Å². The van der Waals surface area contributed by atoms with Gasteiger partial charge in [-0.25, -0.2) is 4.79 Å². The predicted molar refractivity (Wildman–Crippen MR) is 63.7 cm³/mol. The van der Waals surface area contributed by atoms with Crippen molar-refractivity contribution in [3.8, 4) is 0 Å². The van der Waals surface area contributed by atoms with Crippen molar-refractivity contribution < 1.29 is 19.0 Å². The Balaban J connectivity index is 1.81. The van der Waals surface area contributed by atoms with Crippen LogP contribution in [0.1, 0.15) is 20.3 Å². The minimum Gasteiger partial charge on any atom is -0.462 e. The van der Waals surface area contributed by atoms with Gasteiger partial charge in [-0.05, 0) is 31.8 Å². The summed E-state index contributed by atoms with van der Waals surface area (Å²) in [6.07, 6.45) is 2.11. The third-order valence-corrected chi connectivity index (χ3v) is 4.39. The molecule has 1 amide bonds. The maximum Gasteiger partial charge on any atom is 0.412 e. The van der Waals surface area contributed by atoms with E-state index in [1.807, 2.05) is 0 Å². The Morgan fingerprint density at radius 1 is 1.56 bits per heavy atom. The average molecular weight is 253 g/mol. The Hall–Kier alpha value is -1.23. The molecule has 1 aliphatic carbocycles. The zero-order valence-corrected chi connectivity index (χ0v) is 11.2. The molecular formula is C13H19NO4. The number of carbonyl (C=O) groups is 1. The highest BCUT2D eigenvalue weighted by Crippen LogP contribution is 2.60. The number of carbonyl (C=O) groups excluding carboxylic acids is 1. The fourth-order valence-electron chi connectivity index (χ4n) is 3.21. The van der Waals surface area contributed by atoms with Crippen molar-refractivity contribution in [3.63, 3.8) is 0 Å². The number of allylic oxidation sites excluding steroid dienone is 1. The van der Waals surface area contributed by atoms with Gasteiger partial charge in [0.1, 0.15) is 5.60 Å². The molecule has 2 fully saturated rings. The fourth-order valence-corrected chi connectivity index (χ4v) is 3.21. The van der Waals surface area contributed by atoms with Gasteiger partial charge in [-0.1, -0.05) is 0 Å². The van der Waals surface area contributed by atoms with Crippen LogP contribution >= 0.6 is 0 Å². The van der Waals surface area contributed by atoms with Crippen LogP contribution in [0.15, 0.2) is 11.8 Å². The largest absolute Gasteiger partial charge is 0.462 e. The van der Waals surface area contributed by atoms with Crippen LogP contribution in [0.25, 0.3) is 0 Å². The summed E-state index contributed by atoms with van der Waals surface area (Å²) in [5, 5.41) is 0. The second kappa shape index (κ2) is 3.63. The summed E-state index contributed by atoms with van der Waals surface area (Å²) in [6.45, 7) is 4.15. The quantitative estimate of drug-likeness (QED) is 0.668. The highest BCUT2D eigenvalue weighted by atomic mass is 16.7. The minimum absolute atomic E-state index is 0.108. The van der Waals surface area contributed by atoms with E-state index in [9.17, 15) is 4.79 Å². The van der Waals surface area contributed by atoms with E-state index in [0.717, 1.165) is 6.42 Å². The third kappa shape index (κ3) is 1.53. The molecule has 1 saturated heterocycles. The second-order valence-electron chi connectivity index (χ2n) is 5.80. The number of ether oxygens (including phenoxy) is 3. The van der Waals surface area contributed by atoms with Crippen molar-refractivity contribution in [2.45, 2.75) is 38.3 Å². The standard InChI is InChI=1S/C13H19NO4/c1-7-6-16-11(17-12(15)14(3)4)10-8(7)5-9-13(10,2)18-9/h6,8-11H,5H2,1-4H3. The summed E-state index contributed by atoms with van der Waals surface area (Å²) in [6, 6.07) is 0. The maximum absolute atomic E-state index is 11.7. The summed E-state index contributed by atoms with van der Waals surface area (Å²) < 4.78 is 16.7. The number of rotatable bonds is 1. The van der Waals surface area contributed by atoms with E-state index in [4.69, 9.17) is 14.2 Å². The first-order valence-electron chi connectivity index (χ1n) is 6.31. The molecule has 2 heterocycles. The molecule has 2 aliphatic heterocycles. The first-order chi connectivity index (χ1) is 8.43. The molecule has 100 valence electrons. The minimum atomic E-state index is -0.536. The van der Waals surface area contributed by atoms with E-state index >= 15 is 0 Å². The second-order valence-corrected chi connectivity index (χ2v) is 5.80. The van der Waals surface area contributed by atoms with Crippen LogP contribution in [0, 0.1) is 11.8 Å². The maximum atomic E-state index is 11.7. The number of amides is 1. The summed E-state index contributed by atoms with van der Waals surface area (Å²) in [5.74, 6) is 0.513. The molecule has 3 aliphatic rings. The smallest absolute Gasteiger partial charge is 0.412 e. The molecule has 0 spiro atoms. The first kappa shape index (κ1) is 11.8. The molecule has 5 unspecified atom stereocenters. The van der Waals surface area contributed by atoms with E-state index in [0.29, 0.717) is 5.92 Å². The zero-order chi connectivity index (χ0) is 13.1. The van der Waals surface area contributed by atoms with Gasteiger partial charge >= 0.3 is 6.09 Å². The van der Waals surface area contributed by atoms with E-state index < -0.39 is 6.29 Å². The van der Waals surface area contributed by atoms with Gasteiger partial charge < -0.3 is 19.1 Å². The van der Waals surface area contributed by atoms with E-state index in [1.165, 1.54) is 10.5 Å². The molecule has 5 atom stereocenters. The third-order valence-electron chi connectivity index (χ3n) is 4.39. The first-order valence-corrected chi connectivity index (χ1v) is 6.31. The van der Waals surface area contributed by atoms with Crippen molar-refractivity contribution in [2.24, 2.45) is 11.8 Å². The lowest BCUT2D eigenvalue weighted by Crippen LogP contribution is -2.43. The predicted octanol–water partition coefficient (Wildman–Crippen LogP) is 1.74. The fraction of sp³-hybridized carbons (Fsp3) is 0.769. The molecule has 0 aromatic heterocycles. The molecule has 5 heteroatoms. The van der Waals surface area contributed by atoms with E-state index in [2.05, 4.69) is 13.8 Å². The van der Waals surface area contributed by atoms with E-state index in [1.54, 1.807) is 20.4 Å². The Kier molecular flexibility index (Phi) is 2.39. The lowest BCUT2D eigenvalue weighted by Gasteiger charge is -2.36. The molecule has 0 aromatic rings. The number of hydrogen-bond donors (Lipinski definition) is 0. The van der Waals surface area contributed by atoms with Gasteiger partial charge in [-0.15, -0.1) is 0 Å². The molecule has 1 saturated carbocycles. The van der Waals surface area contributed by atoms with Gasteiger partial charge in [0.25, 0.3) is 6.29 Å². The van der Waals surface area contributed by atoms with Gasteiger partial charge in [0, 0.05) is 14.1 Å². The topological polar surface area (TPSA) is 51.3 Å². The summed E-state index contributed by atoms with van der Waals surface area (Å²) in [7, 11) is 3.33. The van der Waals surface area contributed by atoms with Crippen LogP contribution in [-0.4, -0.2) is 43.1 Å². The molecule has 18 heavy (non-hydrogen) atoms. The van der Waals surface area contributed by atoms with Gasteiger partial charge in [0.2, 0.25) is 0 Å². The number of fused-ring (bicyclic) bond motifs is 3. The van der Waals surface area contributed by atoms with Crippen LogP contribution in [0.3, 0.4) is 0 Å². The average Bonchev–Trinajstić information content (AvgIpc) is 2.85. The van der Waals surface area contributed by atoms with Crippen molar-refractivity contribution in [2.75, 3.05) is 14.1 Å². The lowest BCUT2D eigenvalue weighted by atomic mass is 9.83. The Labute approximate surface area is 107 Å². The molecule has 0 bridgehead atoms. The van der Waals surface area contributed by atoms with Crippen LogP contribution in [0.4, 0.5) is 4.79 Å². The van der Waals surface area contributed by atoms with Gasteiger partial charge in [0.15, 0.2) is 0 Å². The van der Waals surface area contributed by atoms with Crippen molar-refractivity contribution in [1.82, 2.24) is 4.90 Å². The van der Waals surface area contributed by atoms with Crippen LogP contribution in [0.5, 0.6) is 0 Å². The Morgan fingerprint density at radius 2 is 2.28 bits per heavy atom. The Bertz CT molecular complexity index is 419. The summed E-state index contributed by atoms with van der Waals surface area (Å²) in [4.78, 5) is 13.1. The molecule has 0 N–H and O–H groups in total. The summed E-state index contributed by atoms with van der Waals surface area (Å²) in [5.41, 5.74) is 1.03. The van der Waals surface area contributed by atoms with Crippen molar-refractivity contribution in [1.29, 1.82) is 0 Å².